The van der Waals surface area contributed by atoms with Gasteiger partial charge in [-0.3, -0.25) is 0 Å². The topological polar surface area (TPSA) is 26.0 Å². The minimum atomic E-state index is 0.769. The first-order valence-corrected chi connectivity index (χ1v) is 16.1. The van der Waals surface area contributed by atoms with Gasteiger partial charge in [0.15, 0.2) is 11.9 Å². The smallest absolute Gasteiger partial charge is 0.255 e. The molecule has 0 bridgehead atoms. The van der Waals surface area contributed by atoms with Crippen LogP contribution in [0.2, 0.25) is 0 Å². The molecule has 9 rings (SSSR count). The Morgan fingerprint density at radius 2 is 1.43 bits per heavy atom. The quantitative estimate of drug-likeness (QED) is 0.152. The van der Waals surface area contributed by atoms with Gasteiger partial charge >= 0.3 is 0 Å². The number of thiazole rings is 1. The molecule has 3 heterocycles. The van der Waals surface area contributed by atoms with E-state index in [4.69, 9.17) is 9.72 Å². The summed E-state index contributed by atoms with van der Waals surface area (Å²) in [5.41, 5.74) is 8.34. The summed E-state index contributed by atoms with van der Waals surface area (Å²) in [4.78, 5) is 4.85. The number of ether oxygens (including phenoxy) is 1. The number of pyridine rings is 1. The van der Waals surface area contributed by atoms with Crippen LogP contribution in [0.3, 0.4) is 0 Å². The lowest BCUT2D eigenvalue weighted by molar-refractivity contribution is -0.672. The van der Waals surface area contributed by atoms with E-state index in [2.05, 4.69) is 126 Å². The molecule has 1 aliphatic heterocycles. The highest BCUT2D eigenvalue weighted by molar-refractivity contribution is 7.21. The van der Waals surface area contributed by atoms with E-state index in [9.17, 15) is 0 Å². The number of rotatable bonds is 3. The van der Waals surface area contributed by atoms with Crippen molar-refractivity contribution in [1.29, 1.82) is 0 Å². The Morgan fingerprint density at radius 3 is 2.36 bits per heavy atom. The van der Waals surface area contributed by atoms with E-state index in [1.807, 2.05) is 6.07 Å². The van der Waals surface area contributed by atoms with Crippen LogP contribution in [0.4, 0.5) is 0 Å². The van der Waals surface area contributed by atoms with Gasteiger partial charge in [0, 0.05) is 18.1 Å². The van der Waals surface area contributed by atoms with Crippen LogP contribution < -0.4 is 9.30 Å². The van der Waals surface area contributed by atoms with Crippen molar-refractivity contribution in [3.8, 4) is 38.6 Å². The second kappa shape index (κ2) is 10.3. The summed E-state index contributed by atoms with van der Waals surface area (Å²) >= 11 is 1.74. The zero-order chi connectivity index (χ0) is 29.0. The van der Waals surface area contributed by atoms with E-state index in [-0.39, 0.29) is 0 Å². The van der Waals surface area contributed by atoms with Gasteiger partial charge in [0.2, 0.25) is 0 Å². The lowest BCUT2D eigenvalue weighted by atomic mass is 9.88. The molecule has 8 aromatic rings. The van der Waals surface area contributed by atoms with Crippen LogP contribution in [0.1, 0.15) is 12.8 Å². The van der Waals surface area contributed by atoms with Gasteiger partial charge in [-0.2, -0.15) is 4.57 Å². The minimum absolute atomic E-state index is 0.769. The molecule has 2 aromatic heterocycles. The molecule has 0 saturated heterocycles. The molecule has 0 aliphatic carbocycles. The number of nitrogens with zero attached hydrogens (tertiary/aromatic N) is 2. The Balaban J connectivity index is 1.20. The van der Waals surface area contributed by atoms with Crippen LogP contribution in [0, 0.1) is 0 Å². The first kappa shape index (κ1) is 25.4. The van der Waals surface area contributed by atoms with Gasteiger partial charge in [0.1, 0.15) is 11.6 Å². The third-order valence-electron chi connectivity index (χ3n) is 8.94. The summed E-state index contributed by atoms with van der Waals surface area (Å²) in [5, 5.41) is 7.31. The Kier molecular flexibility index (Phi) is 5.95. The van der Waals surface area contributed by atoms with Gasteiger partial charge < -0.3 is 4.74 Å². The molecular weight excluding hydrogens is 557 g/mol. The largest absolute Gasteiger partial charge is 0.487 e. The van der Waals surface area contributed by atoms with Crippen molar-refractivity contribution >= 4 is 54.0 Å². The molecule has 0 unspecified atom stereocenters. The Labute approximate surface area is 259 Å². The second-order valence-electron chi connectivity index (χ2n) is 11.6. The first-order valence-electron chi connectivity index (χ1n) is 15.3. The molecule has 0 N–H and O–H groups in total. The molecule has 0 fully saturated rings. The molecule has 3 nitrogen and oxygen atoms in total. The van der Waals surface area contributed by atoms with Crippen molar-refractivity contribution in [3.63, 3.8) is 0 Å². The Bertz CT molecular complexity index is 2330. The predicted molar refractivity (Wildman–Crippen MR) is 183 cm³/mol. The fraction of sp³-hybridized carbons (Fsp3) is 0.100. The molecule has 4 heteroatoms. The number of para-hydroxylation sites is 1. The van der Waals surface area contributed by atoms with Crippen LogP contribution in [-0.2, 0) is 6.54 Å². The van der Waals surface area contributed by atoms with Crippen LogP contribution in [0.25, 0.3) is 75.5 Å². The first-order chi connectivity index (χ1) is 21.8. The van der Waals surface area contributed by atoms with E-state index in [0.717, 1.165) is 47.8 Å². The molecule has 0 atom stereocenters. The zero-order valence-corrected chi connectivity index (χ0v) is 25.0. The van der Waals surface area contributed by atoms with Gasteiger partial charge in [0.05, 0.1) is 22.2 Å². The van der Waals surface area contributed by atoms with Gasteiger partial charge in [0.25, 0.3) is 5.52 Å². The summed E-state index contributed by atoms with van der Waals surface area (Å²) in [6.45, 7) is 1.78. The van der Waals surface area contributed by atoms with Crippen LogP contribution in [-0.4, -0.2) is 11.6 Å². The molecule has 44 heavy (non-hydrogen) atoms. The van der Waals surface area contributed by atoms with E-state index >= 15 is 0 Å². The fourth-order valence-corrected chi connectivity index (χ4v) is 7.77. The average molecular weight is 586 g/mol. The van der Waals surface area contributed by atoms with E-state index < -0.39 is 0 Å². The molecule has 0 saturated carbocycles. The summed E-state index contributed by atoms with van der Waals surface area (Å²) in [7, 11) is 0. The van der Waals surface area contributed by atoms with E-state index in [1.54, 1.807) is 11.3 Å². The molecule has 0 spiro atoms. The third-order valence-corrected chi connectivity index (χ3v) is 10.0. The normalized spacial score (nSPS) is 13.3. The minimum Gasteiger partial charge on any atom is -0.487 e. The van der Waals surface area contributed by atoms with Crippen molar-refractivity contribution in [2.45, 2.75) is 19.4 Å². The average Bonchev–Trinajstić information content (AvgIpc) is 3.50. The van der Waals surface area contributed by atoms with Gasteiger partial charge in [-0.1, -0.05) is 72.8 Å². The number of hydrogen-bond donors (Lipinski definition) is 0. The number of fused-ring (bicyclic) bond motifs is 3. The number of aromatic nitrogens is 2. The Hall–Kier alpha value is -5.06. The van der Waals surface area contributed by atoms with Gasteiger partial charge in [-0.25, -0.2) is 4.98 Å². The molecule has 6 aromatic carbocycles. The molecule has 0 amide bonds. The summed E-state index contributed by atoms with van der Waals surface area (Å²) in [5.74, 6) is 0.977. The van der Waals surface area contributed by atoms with Crippen molar-refractivity contribution in [2.75, 3.05) is 6.61 Å². The lowest BCUT2D eigenvalue weighted by Crippen LogP contribution is -2.35. The summed E-state index contributed by atoms with van der Waals surface area (Å²) in [6, 6.07) is 44.1. The number of aryl methyl sites for hydroxylation is 1. The van der Waals surface area contributed by atoms with Crippen molar-refractivity contribution in [2.24, 2.45) is 0 Å². The van der Waals surface area contributed by atoms with E-state index in [0.29, 0.717) is 0 Å². The van der Waals surface area contributed by atoms with Crippen LogP contribution in [0.5, 0.6) is 5.75 Å². The maximum absolute atomic E-state index is 6.26. The highest BCUT2D eigenvalue weighted by Crippen LogP contribution is 2.42. The lowest BCUT2D eigenvalue weighted by Gasteiger charge is -2.17. The maximum atomic E-state index is 6.26. The SMILES string of the molecule is c1ccc2c(-c3ccc4c5c3ccc[n+]5CCCCO4)c3ccc(-c4ccc(-c5nc6ccccc6s5)cc4)cc3cc2c1. The predicted octanol–water partition coefficient (Wildman–Crippen LogP) is 10.2. The summed E-state index contributed by atoms with van der Waals surface area (Å²) in [6.07, 6.45) is 4.39. The molecule has 0 radical (unpaired) electrons. The number of benzene rings is 6. The van der Waals surface area contributed by atoms with Crippen molar-refractivity contribution in [1.82, 2.24) is 4.98 Å². The van der Waals surface area contributed by atoms with Gasteiger partial charge in [-0.05, 0) is 92.7 Å². The number of hydrogen-bond acceptors (Lipinski definition) is 3. The standard InChI is InChI=1S/C40H29N2OS/c1-2-9-31-29(8-1)25-30-24-28(26-13-15-27(16-14-26)40-41-35-11-3-4-12-37(35)44-40)17-18-32(30)38(31)33-19-20-36-39-34(33)10-7-22-42(39)21-5-6-23-43-36/h1-4,7-20,22,24-25H,5-6,21,23H2/q+1. The second-order valence-corrected chi connectivity index (χ2v) is 12.6. The van der Waals surface area contributed by atoms with Crippen molar-refractivity contribution < 1.29 is 9.30 Å². The van der Waals surface area contributed by atoms with Crippen LogP contribution >= 0.6 is 11.3 Å². The molecule has 210 valence electrons. The van der Waals surface area contributed by atoms with Crippen molar-refractivity contribution in [3.05, 3.63) is 128 Å². The molecular formula is C40H29N2OS+. The van der Waals surface area contributed by atoms with Gasteiger partial charge in [-0.15, -0.1) is 11.3 Å². The fourth-order valence-electron chi connectivity index (χ4n) is 6.80. The maximum Gasteiger partial charge on any atom is 0.255 e. The third kappa shape index (κ3) is 4.17. The van der Waals surface area contributed by atoms with Crippen LogP contribution in [0.15, 0.2) is 128 Å². The van der Waals surface area contributed by atoms with E-state index in [1.165, 1.54) is 59.4 Å². The highest BCUT2D eigenvalue weighted by atomic mass is 32.1. The monoisotopic (exact) mass is 585 g/mol. The highest BCUT2D eigenvalue weighted by Gasteiger charge is 2.22. The zero-order valence-electron chi connectivity index (χ0n) is 24.2. The summed E-state index contributed by atoms with van der Waals surface area (Å²) < 4.78 is 9.85. The Morgan fingerprint density at radius 1 is 0.636 bits per heavy atom. The molecule has 1 aliphatic rings.